The maximum atomic E-state index is 10.6. The number of hydrogen-bond donors (Lipinski definition) is 2. The first kappa shape index (κ1) is 10.4. The van der Waals surface area contributed by atoms with Crippen LogP contribution in [0.15, 0.2) is 14.8 Å². The average molecular weight is 267 g/mol. The predicted octanol–water partition coefficient (Wildman–Crippen LogP) is 0.0383. The van der Waals surface area contributed by atoms with Crippen molar-refractivity contribution in [3.05, 3.63) is 9.78 Å². The zero-order chi connectivity index (χ0) is 8.69. The zero-order valence-corrected chi connectivity index (χ0v) is 8.33. The monoisotopic (exact) mass is 267 g/mol. The van der Waals surface area contributed by atoms with E-state index in [0.29, 0.717) is 0 Å². The fourth-order valence-corrected chi connectivity index (χ4v) is 0.535. The highest BCUT2D eigenvalue weighted by Gasteiger charge is 1.91. The van der Waals surface area contributed by atoms with E-state index < -0.39 is 0 Å². The number of amides is 1. The number of likely N-dealkylation sites (N-methyl/N-ethyl adjacent to an activating group) is 1. The second kappa shape index (κ2) is 6.14. The van der Waals surface area contributed by atoms with Crippen LogP contribution in [0.25, 0.3) is 0 Å². The summed E-state index contributed by atoms with van der Waals surface area (Å²) in [6.45, 7) is 0.150. The molecule has 0 aliphatic carbocycles. The van der Waals surface area contributed by atoms with Crippen molar-refractivity contribution in [3.63, 3.8) is 0 Å². The standard InChI is InChI=1S/C6H10IN3O/c1-9-6(11)4-10-3-5(7)2-8/h2-3H,4,8H2,1H3,(H,9,11). The van der Waals surface area contributed by atoms with Crippen LogP contribution in [0.2, 0.25) is 0 Å². The van der Waals surface area contributed by atoms with Crippen LogP contribution in [0.4, 0.5) is 0 Å². The highest BCUT2D eigenvalue weighted by Crippen LogP contribution is 1.97. The first-order valence-electron chi connectivity index (χ1n) is 2.98. The fourth-order valence-electron chi connectivity index (χ4n) is 0.338. The van der Waals surface area contributed by atoms with Crippen molar-refractivity contribution in [1.29, 1.82) is 0 Å². The minimum atomic E-state index is -0.109. The van der Waals surface area contributed by atoms with E-state index >= 15 is 0 Å². The lowest BCUT2D eigenvalue weighted by molar-refractivity contribution is -0.119. The third kappa shape index (κ3) is 5.84. The Morgan fingerprint density at radius 3 is 2.91 bits per heavy atom. The Hall–Kier alpha value is -0.590. The minimum Gasteiger partial charge on any atom is -0.404 e. The summed E-state index contributed by atoms with van der Waals surface area (Å²) in [4.78, 5) is 14.4. The minimum absolute atomic E-state index is 0.109. The van der Waals surface area contributed by atoms with Gasteiger partial charge < -0.3 is 11.1 Å². The van der Waals surface area contributed by atoms with Crippen molar-refractivity contribution in [1.82, 2.24) is 5.32 Å². The maximum Gasteiger partial charge on any atom is 0.241 e. The molecule has 0 saturated heterocycles. The van der Waals surface area contributed by atoms with Gasteiger partial charge in [0.2, 0.25) is 5.91 Å². The lowest BCUT2D eigenvalue weighted by atomic mass is 10.6. The molecule has 0 saturated carbocycles. The van der Waals surface area contributed by atoms with Crippen molar-refractivity contribution in [2.75, 3.05) is 13.6 Å². The Morgan fingerprint density at radius 1 is 1.82 bits per heavy atom. The predicted molar refractivity (Wildman–Crippen MR) is 53.7 cm³/mol. The van der Waals surface area contributed by atoms with Gasteiger partial charge in [-0.25, -0.2) is 0 Å². The van der Waals surface area contributed by atoms with Gasteiger partial charge in [-0.1, -0.05) is 0 Å². The van der Waals surface area contributed by atoms with Gasteiger partial charge in [0.05, 0.1) is 0 Å². The van der Waals surface area contributed by atoms with Gasteiger partial charge in [0.1, 0.15) is 6.54 Å². The molecule has 5 heteroatoms. The van der Waals surface area contributed by atoms with Crippen molar-refractivity contribution >= 4 is 34.7 Å². The van der Waals surface area contributed by atoms with Gasteiger partial charge in [-0.15, -0.1) is 0 Å². The van der Waals surface area contributed by atoms with Gasteiger partial charge in [-0.2, -0.15) is 0 Å². The summed E-state index contributed by atoms with van der Waals surface area (Å²) in [5, 5.41) is 2.45. The van der Waals surface area contributed by atoms with Crippen LogP contribution in [0.1, 0.15) is 0 Å². The molecule has 0 unspecified atom stereocenters. The molecule has 0 aromatic carbocycles. The smallest absolute Gasteiger partial charge is 0.241 e. The molecule has 0 spiro atoms. The molecule has 0 radical (unpaired) electrons. The molecule has 0 aromatic rings. The molecule has 1 amide bonds. The Balaban J connectivity index is 3.69. The van der Waals surface area contributed by atoms with Crippen LogP contribution in [-0.4, -0.2) is 25.7 Å². The Kier molecular flexibility index (Phi) is 5.81. The SMILES string of the molecule is CNC(=O)CN=CC(I)=CN. The Bertz CT molecular complexity index is 188. The van der Waals surface area contributed by atoms with Gasteiger partial charge in [0, 0.05) is 23.0 Å². The van der Waals surface area contributed by atoms with Crippen LogP contribution in [0, 0.1) is 0 Å². The molecule has 0 aliphatic heterocycles. The third-order valence-corrected chi connectivity index (χ3v) is 1.53. The number of nitrogens with two attached hydrogens (primary N) is 1. The number of carbonyl (C=O) groups excluding carboxylic acids is 1. The van der Waals surface area contributed by atoms with Crippen LogP contribution >= 0.6 is 22.6 Å². The summed E-state index contributed by atoms with van der Waals surface area (Å²) < 4.78 is 0.812. The summed E-state index contributed by atoms with van der Waals surface area (Å²) in [5.41, 5.74) is 5.16. The average Bonchev–Trinajstić information content (AvgIpc) is 2.04. The van der Waals surface area contributed by atoms with E-state index in [1.54, 1.807) is 13.3 Å². The van der Waals surface area contributed by atoms with Gasteiger partial charge in [-0.3, -0.25) is 9.79 Å². The molecule has 0 atom stereocenters. The molecule has 0 aliphatic rings. The lowest BCUT2D eigenvalue weighted by Crippen LogP contribution is -2.20. The van der Waals surface area contributed by atoms with Crippen molar-refractivity contribution in [2.24, 2.45) is 10.7 Å². The quantitative estimate of drug-likeness (QED) is 0.560. The number of nitrogens with zero attached hydrogens (tertiary/aromatic N) is 1. The molecule has 0 aromatic heterocycles. The maximum absolute atomic E-state index is 10.6. The third-order valence-electron chi connectivity index (χ3n) is 0.888. The number of aliphatic imine (C=N–C) groups is 1. The number of allylic oxidation sites excluding steroid dienone is 1. The molecule has 62 valence electrons. The number of carbonyl (C=O) groups is 1. The number of halogens is 1. The van der Waals surface area contributed by atoms with E-state index in [4.69, 9.17) is 5.73 Å². The fraction of sp³-hybridized carbons (Fsp3) is 0.333. The summed E-state index contributed by atoms with van der Waals surface area (Å²) in [7, 11) is 1.57. The van der Waals surface area contributed by atoms with E-state index in [1.165, 1.54) is 6.20 Å². The molecule has 11 heavy (non-hydrogen) atoms. The molecule has 0 bridgehead atoms. The molecular weight excluding hydrogens is 257 g/mol. The topological polar surface area (TPSA) is 67.5 Å². The number of hydrogen-bond acceptors (Lipinski definition) is 3. The number of nitrogens with one attached hydrogen (secondary N) is 1. The molecule has 0 rings (SSSR count). The zero-order valence-electron chi connectivity index (χ0n) is 6.17. The Morgan fingerprint density at radius 2 is 2.45 bits per heavy atom. The molecule has 0 fully saturated rings. The molecular formula is C6H10IN3O. The second-order valence-corrected chi connectivity index (χ2v) is 2.94. The van der Waals surface area contributed by atoms with E-state index in [0.717, 1.165) is 3.58 Å². The van der Waals surface area contributed by atoms with Gasteiger partial charge in [0.25, 0.3) is 0 Å². The van der Waals surface area contributed by atoms with E-state index in [2.05, 4.69) is 10.3 Å². The van der Waals surface area contributed by atoms with Crippen molar-refractivity contribution < 1.29 is 4.79 Å². The van der Waals surface area contributed by atoms with Crippen LogP contribution in [-0.2, 0) is 4.79 Å². The highest BCUT2D eigenvalue weighted by atomic mass is 127. The molecule has 3 N–H and O–H groups in total. The summed E-state index contributed by atoms with van der Waals surface area (Å²) in [5.74, 6) is -0.109. The first-order valence-corrected chi connectivity index (χ1v) is 4.06. The van der Waals surface area contributed by atoms with Crippen molar-refractivity contribution in [2.45, 2.75) is 0 Å². The summed E-state index contributed by atoms with van der Waals surface area (Å²) in [6, 6.07) is 0. The second-order valence-electron chi connectivity index (χ2n) is 1.69. The normalized spacial score (nSPS) is 12.0. The highest BCUT2D eigenvalue weighted by molar-refractivity contribution is 14.1. The lowest BCUT2D eigenvalue weighted by Gasteiger charge is -1.91. The van der Waals surface area contributed by atoms with Crippen LogP contribution < -0.4 is 11.1 Å². The molecule has 0 heterocycles. The van der Waals surface area contributed by atoms with E-state index in [-0.39, 0.29) is 12.5 Å². The van der Waals surface area contributed by atoms with Crippen LogP contribution in [0.3, 0.4) is 0 Å². The largest absolute Gasteiger partial charge is 0.404 e. The summed E-state index contributed by atoms with van der Waals surface area (Å²) in [6.07, 6.45) is 2.98. The number of rotatable bonds is 3. The van der Waals surface area contributed by atoms with Gasteiger partial charge in [0.15, 0.2) is 0 Å². The van der Waals surface area contributed by atoms with Crippen molar-refractivity contribution in [3.8, 4) is 0 Å². The first-order chi connectivity index (χ1) is 5.20. The van der Waals surface area contributed by atoms with E-state index in [9.17, 15) is 4.79 Å². The summed E-state index contributed by atoms with van der Waals surface area (Å²) >= 11 is 2.02. The van der Waals surface area contributed by atoms with E-state index in [1.807, 2.05) is 22.6 Å². The van der Waals surface area contributed by atoms with Gasteiger partial charge in [-0.05, 0) is 22.6 Å². The molecule has 4 nitrogen and oxygen atoms in total. The van der Waals surface area contributed by atoms with Crippen LogP contribution in [0.5, 0.6) is 0 Å². The Labute approximate surface area is 79.1 Å². The van der Waals surface area contributed by atoms with Gasteiger partial charge >= 0.3 is 0 Å².